The van der Waals surface area contributed by atoms with Crippen molar-refractivity contribution in [1.29, 1.82) is 0 Å². The van der Waals surface area contributed by atoms with Crippen LogP contribution in [0.5, 0.6) is 0 Å². The van der Waals surface area contributed by atoms with Gasteiger partial charge in [-0.15, -0.1) is 0 Å². The van der Waals surface area contributed by atoms with Crippen LogP contribution < -0.4 is 0 Å². The highest BCUT2D eigenvalue weighted by Gasteiger charge is 2.74. The minimum atomic E-state index is -0.863. The molecule has 0 amide bonds. The van der Waals surface area contributed by atoms with Crippen molar-refractivity contribution in [2.75, 3.05) is 6.61 Å². The molecule has 3 saturated carbocycles. The van der Waals surface area contributed by atoms with E-state index in [9.17, 15) is 30.6 Å². The van der Waals surface area contributed by atoms with E-state index in [2.05, 4.69) is 41.5 Å². The molecular formula is C64H122O12. The van der Waals surface area contributed by atoms with E-state index in [0.717, 1.165) is 116 Å². The molecule has 0 aromatic heterocycles. The molecule has 12 heteroatoms. The quantitative estimate of drug-likeness (QED) is 0.109. The summed E-state index contributed by atoms with van der Waals surface area (Å²) in [6.45, 7) is 20.7. The van der Waals surface area contributed by atoms with Gasteiger partial charge in [0, 0.05) is 77.6 Å². The van der Waals surface area contributed by atoms with E-state index in [4.69, 9.17) is 28.4 Å². The molecule has 0 aromatic rings. The van der Waals surface area contributed by atoms with Crippen molar-refractivity contribution < 1.29 is 59.1 Å². The maximum atomic E-state index is 11.6. The smallest absolute Gasteiger partial charge is 0.0705 e. The molecule has 12 rings (SSSR count). The lowest BCUT2D eigenvalue weighted by Gasteiger charge is -2.48. The van der Waals surface area contributed by atoms with Gasteiger partial charge in [0.1, 0.15) is 0 Å². The van der Waals surface area contributed by atoms with Crippen molar-refractivity contribution in [3.05, 3.63) is 0 Å². The first-order valence-electron chi connectivity index (χ1n) is 29.4. The van der Waals surface area contributed by atoms with E-state index < -0.39 is 28.0 Å². The van der Waals surface area contributed by atoms with E-state index in [1.54, 1.807) is 0 Å². The summed E-state index contributed by atoms with van der Waals surface area (Å²) in [6, 6.07) is 0. The summed E-state index contributed by atoms with van der Waals surface area (Å²) < 4.78 is 38.5. The Morgan fingerprint density at radius 3 is 0.842 bits per heavy atom. The largest absolute Gasteiger partial charge is 0.396 e. The second kappa shape index (κ2) is 25.2. The molecule has 6 N–H and O–H groups in total. The third-order valence-electron chi connectivity index (χ3n) is 22.1. The number of fused-ring (bicyclic) bond motifs is 15. The summed E-state index contributed by atoms with van der Waals surface area (Å²) in [4.78, 5) is 0. The van der Waals surface area contributed by atoms with Crippen LogP contribution in [0.15, 0.2) is 0 Å². The molecule has 9 aliphatic heterocycles. The molecule has 24 atom stereocenters. The van der Waals surface area contributed by atoms with Crippen molar-refractivity contribution >= 4 is 0 Å². The Kier molecular flexibility index (Phi) is 22.5. The predicted molar refractivity (Wildman–Crippen MR) is 306 cm³/mol. The van der Waals surface area contributed by atoms with Gasteiger partial charge < -0.3 is 59.1 Å². The number of rotatable bonds is 12. The summed E-state index contributed by atoms with van der Waals surface area (Å²) >= 11 is 0. The number of ether oxygens (including phenoxy) is 6. The standard InChI is InChI=1S/C22H36O4.C18H30O4.C18H32O4.6CH4/c1-3-13-15-16(14(4-2)25-13)20-18(22(24)11-7-8-12-22)17(19(15)26-20)21(23)9-5-6-10-21;1-3-11-13-14(12(4-2)21-11)17-15(10(9-19)16(13)22-17)18(20)7-5-6-8-18;1-7-9-11-12(10(8-2)21-9)16-14(18(5,6)20)13(15(11)22-16)17(3,4)19;;;;;;/h13-20,23-24H,3-12H2,1-2H3;10-17,19-20H,3-9H2,1-2H3;9-16,19-20H,7-8H2,1-6H3;6*1H4. The number of aliphatic hydroxyl groups excluding tert-OH is 1. The maximum Gasteiger partial charge on any atom is 0.0705 e. The van der Waals surface area contributed by atoms with Gasteiger partial charge in [-0.2, -0.15) is 0 Å². The van der Waals surface area contributed by atoms with E-state index in [1.165, 1.54) is 0 Å². The van der Waals surface area contributed by atoms with Crippen molar-refractivity contribution in [3.8, 4) is 0 Å². The topological polar surface area (TPSA) is 177 Å². The first-order chi connectivity index (χ1) is 33.3. The zero-order chi connectivity index (χ0) is 50.0. The fourth-order valence-corrected chi connectivity index (χ4v) is 19.7. The average Bonchev–Trinajstić information content (AvgIpc) is 4.16. The Hall–Kier alpha value is -0.480. The molecule has 12 nitrogen and oxygen atoms in total. The second-order valence-electron chi connectivity index (χ2n) is 26.5. The molecule has 24 unspecified atom stereocenters. The minimum absolute atomic E-state index is 0. The van der Waals surface area contributed by atoms with Crippen LogP contribution in [0.2, 0.25) is 0 Å². The van der Waals surface area contributed by atoms with Crippen LogP contribution >= 0.6 is 0 Å². The second-order valence-corrected chi connectivity index (χ2v) is 26.5. The molecule has 76 heavy (non-hydrogen) atoms. The molecule has 0 radical (unpaired) electrons. The van der Waals surface area contributed by atoms with Gasteiger partial charge in [-0.3, -0.25) is 0 Å². The van der Waals surface area contributed by atoms with Crippen molar-refractivity contribution in [2.24, 2.45) is 71.0 Å². The monoisotopic (exact) mass is 1080 g/mol. The molecule has 9 saturated heterocycles. The average molecular weight is 1080 g/mol. The first-order valence-corrected chi connectivity index (χ1v) is 29.4. The number of hydrogen-bond acceptors (Lipinski definition) is 12. The van der Waals surface area contributed by atoms with Crippen molar-refractivity contribution in [2.45, 2.75) is 331 Å². The van der Waals surface area contributed by atoms with Gasteiger partial charge in [-0.1, -0.05) is 125 Å². The van der Waals surface area contributed by atoms with Crippen LogP contribution in [0.1, 0.15) is 229 Å². The highest BCUT2D eigenvalue weighted by Crippen LogP contribution is 2.66. The first kappa shape index (κ1) is 68.0. The molecule has 3 aliphatic carbocycles. The van der Waals surface area contributed by atoms with Gasteiger partial charge >= 0.3 is 0 Å². The van der Waals surface area contributed by atoms with Gasteiger partial charge in [0.05, 0.1) is 101 Å². The van der Waals surface area contributed by atoms with Crippen LogP contribution in [0.25, 0.3) is 0 Å². The van der Waals surface area contributed by atoms with E-state index in [1.807, 2.05) is 27.7 Å². The van der Waals surface area contributed by atoms with E-state index in [-0.39, 0.29) is 160 Å². The van der Waals surface area contributed by atoms with E-state index >= 15 is 0 Å². The summed E-state index contributed by atoms with van der Waals surface area (Å²) in [5.74, 6) is 2.62. The van der Waals surface area contributed by atoms with Crippen LogP contribution in [0.4, 0.5) is 0 Å². The molecular weight excluding hydrogens is 961 g/mol. The van der Waals surface area contributed by atoms with Gasteiger partial charge in [-0.05, 0) is 105 Å². The van der Waals surface area contributed by atoms with Crippen LogP contribution in [-0.2, 0) is 28.4 Å². The Balaban J connectivity index is 0.000000238. The summed E-state index contributed by atoms with van der Waals surface area (Å²) in [5.41, 5.74) is -3.64. The van der Waals surface area contributed by atoms with Gasteiger partial charge in [0.2, 0.25) is 0 Å². The van der Waals surface area contributed by atoms with Crippen LogP contribution in [0.3, 0.4) is 0 Å². The van der Waals surface area contributed by atoms with Gasteiger partial charge in [0.15, 0.2) is 0 Å². The highest BCUT2D eigenvalue weighted by atomic mass is 16.6. The van der Waals surface area contributed by atoms with E-state index in [0.29, 0.717) is 35.5 Å². The fourth-order valence-electron chi connectivity index (χ4n) is 19.7. The summed E-state index contributed by atoms with van der Waals surface area (Å²) in [5, 5.41) is 65.9. The molecule has 450 valence electrons. The molecule has 6 bridgehead atoms. The molecule has 12 aliphatic rings. The zero-order valence-corrected chi connectivity index (χ0v) is 44.9. The number of aliphatic hydroxyl groups is 6. The lowest BCUT2D eigenvalue weighted by molar-refractivity contribution is -0.123. The SMILES string of the molecule is C.C.C.C.C.C.CCC1OC(CC)C2C3OC(C(CO)C3C3(O)CCCC3)C12.CCC1OC(CC)C2C3OC(C12)C(C(C)(C)O)C3C(C)(C)O.CCC1OC(CC)C2C3OC(C12)C(C1(O)CCCC1)C3C1(O)CCCC1. The third-order valence-corrected chi connectivity index (χ3v) is 22.1. The molecule has 0 aromatic carbocycles. The van der Waals surface area contributed by atoms with Crippen LogP contribution in [0, 0.1) is 71.0 Å². The lowest BCUT2D eigenvalue weighted by Crippen LogP contribution is -2.58. The summed E-state index contributed by atoms with van der Waals surface area (Å²) in [6.07, 6.45) is 19.7. The summed E-state index contributed by atoms with van der Waals surface area (Å²) in [7, 11) is 0. The lowest BCUT2D eigenvalue weighted by atomic mass is 9.56. The third kappa shape index (κ3) is 10.7. The van der Waals surface area contributed by atoms with Crippen molar-refractivity contribution in [1.82, 2.24) is 0 Å². The Morgan fingerprint density at radius 1 is 0.355 bits per heavy atom. The maximum absolute atomic E-state index is 11.6. The Labute approximate surface area is 465 Å². The minimum Gasteiger partial charge on any atom is -0.396 e. The normalized spacial score (nSPS) is 46.6. The molecule has 12 fully saturated rings. The van der Waals surface area contributed by atoms with Crippen LogP contribution in [-0.4, -0.2) is 138 Å². The Bertz CT molecular complexity index is 1680. The predicted octanol–water partition coefficient (Wildman–Crippen LogP) is 11.7. The van der Waals surface area contributed by atoms with Crippen molar-refractivity contribution in [3.63, 3.8) is 0 Å². The zero-order valence-electron chi connectivity index (χ0n) is 44.9. The Morgan fingerprint density at radius 2 is 0.579 bits per heavy atom. The fraction of sp³-hybridized carbons (Fsp3) is 1.00. The van der Waals surface area contributed by atoms with Gasteiger partial charge in [-0.25, -0.2) is 0 Å². The molecule has 9 heterocycles. The molecule has 0 spiro atoms. The van der Waals surface area contributed by atoms with Gasteiger partial charge in [0.25, 0.3) is 0 Å². The number of hydrogen-bond donors (Lipinski definition) is 6. The highest BCUT2D eigenvalue weighted by molar-refractivity contribution is 5.21.